The van der Waals surface area contributed by atoms with E-state index < -0.39 is 43.0 Å². The van der Waals surface area contributed by atoms with E-state index in [0.717, 1.165) is 11.1 Å². The minimum atomic E-state index is -0.866. The molecule has 0 aliphatic carbocycles. The fourth-order valence-corrected chi connectivity index (χ4v) is 4.32. The van der Waals surface area contributed by atoms with Crippen LogP contribution >= 0.6 is 0 Å². The number of para-hydroxylation sites is 1. The molecule has 2 aliphatic heterocycles. The summed E-state index contributed by atoms with van der Waals surface area (Å²) >= 11 is 0. The second-order valence-corrected chi connectivity index (χ2v) is 8.49. The van der Waals surface area contributed by atoms with Crippen molar-refractivity contribution in [2.45, 2.75) is 50.5 Å². The minimum Gasteiger partial charge on any atom is -0.483 e. The number of rotatable bonds is 7. The van der Waals surface area contributed by atoms with Gasteiger partial charge in [0.25, 0.3) is 0 Å². The zero-order chi connectivity index (χ0) is 24.0. The maximum absolute atomic E-state index is 12.1. The van der Waals surface area contributed by atoms with Gasteiger partial charge in [0, 0.05) is 12.5 Å². The van der Waals surface area contributed by atoms with Crippen molar-refractivity contribution in [1.29, 1.82) is 0 Å². The van der Waals surface area contributed by atoms with Gasteiger partial charge >= 0.3 is 5.97 Å². The lowest BCUT2D eigenvalue weighted by molar-refractivity contribution is -0.360. The summed E-state index contributed by atoms with van der Waals surface area (Å²) < 4.78 is 36.8. The van der Waals surface area contributed by atoms with Crippen LogP contribution in [0.25, 0.3) is 0 Å². The van der Waals surface area contributed by atoms with Crippen LogP contribution < -0.4 is 4.74 Å². The zero-order valence-electron chi connectivity index (χ0n) is 19.4. The number of benzene rings is 3. The summed E-state index contributed by atoms with van der Waals surface area (Å²) in [7, 11) is 0. The molecule has 3 aromatic carbocycles. The average molecular weight is 477 g/mol. The van der Waals surface area contributed by atoms with E-state index >= 15 is 0 Å². The summed E-state index contributed by atoms with van der Waals surface area (Å²) in [5.41, 5.74) is 1.86. The number of fused-ring (bicyclic) bond motifs is 1. The van der Waals surface area contributed by atoms with Crippen LogP contribution in [0.15, 0.2) is 91.0 Å². The molecule has 0 radical (unpaired) electrons. The van der Waals surface area contributed by atoms with Gasteiger partial charge in [0.2, 0.25) is 0 Å². The van der Waals surface area contributed by atoms with E-state index in [4.69, 9.17) is 28.4 Å². The standard InChI is InChI=1S/C28H28O7/c1-19(29)32-26-25(33-22-15-9-4-10-16-22)24-23(18-31-27(35-24)21-13-7-3-8-14-21)34-28(26)30-17-20-11-5-2-6-12-20/h2-16,23-28H,17-18H2,1H3/t23-,24-,25+,26+,27-,28+/m1/s1. The molecule has 7 heteroatoms. The van der Waals surface area contributed by atoms with Crippen LogP contribution in [0, 0.1) is 0 Å². The van der Waals surface area contributed by atoms with Crippen molar-refractivity contribution in [1.82, 2.24) is 0 Å². The topological polar surface area (TPSA) is 72.5 Å². The molecule has 0 N–H and O–H groups in total. The molecule has 2 saturated heterocycles. The van der Waals surface area contributed by atoms with Gasteiger partial charge in [-0.15, -0.1) is 0 Å². The molecule has 2 heterocycles. The predicted molar refractivity (Wildman–Crippen MR) is 126 cm³/mol. The first-order chi connectivity index (χ1) is 17.2. The van der Waals surface area contributed by atoms with Crippen LogP contribution in [-0.2, 0) is 35.1 Å². The first-order valence-electron chi connectivity index (χ1n) is 11.7. The Labute approximate surface area is 204 Å². The smallest absolute Gasteiger partial charge is 0.303 e. The lowest BCUT2D eigenvalue weighted by Crippen LogP contribution is -2.64. The number of esters is 1. The molecule has 3 aromatic rings. The second kappa shape index (κ2) is 11.0. The normalized spacial score (nSPS) is 28.0. The molecule has 35 heavy (non-hydrogen) atoms. The van der Waals surface area contributed by atoms with Gasteiger partial charge in [0.05, 0.1) is 13.2 Å². The van der Waals surface area contributed by atoms with Crippen LogP contribution in [0.1, 0.15) is 24.3 Å². The second-order valence-electron chi connectivity index (χ2n) is 8.49. The van der Waals surface area contributed by atoms with Crippen molar-refractivity contribution in [3.8, 4) is 5.75 Å². The Bertz CT molecular complexity index is 1080. The number of carbonyl (C=O) groups excluding carboxylic acids is 1. The summed E-state index contributed by atoms with van der Waals surface area (Å²) in [6.45, 7) is 1.92. The third kappa shape index (κ3) is 5.71. The van der Waals surface area contributed by atoms with Gasteiger partial charge in [0.15, 0.2) is 24.8 Å². The van der Waals surface area contributed by atoms with E-state index in [1.165, 1.54) is 6.92 Å². The van der Waals surface area contributed by atoms with Crippen molar-refractivity contribution in [2.24, 2.45) is 0 Å². The van der Waals surface area contributed by atoms with Crippen LogP contribution in [0.5, 0.6) is 5.75 Å². The summed E-state index contributed by atoms with van der Waals surface area (Å²) in [5.74, 6) is 0.169. The van der Waals surface area contributed by atoms with Gasteiger partial charge in [-0.1, -0.05) is 78.9 Å². The van der Waals surface area contributed by atoms with Crippen LogP contribution in [0.4, 0.5) is 0 Å². The molecule has 2 fully saturated rings. The number of ether oxygens (including phenoxy) is 6. The highest BCUT2D eigenvalue weighted by Gasteiger charge is 2.53. The van der Waals surface area contributed by atoms with Crippen molar-refractivity contribution in [2.75, 3.05) is 6.61 Å². The third-order valence-electron chi connectivity index (χ3n) is 5.93. The minimum absolute atomic E-state index is 0.275. The molecule has 0 saturated carbocycles. The van der Waals surface area contributed by atoms with E-state index in [9.17, 15) is 4.79 Å². The molecule has 0 aromatic heterocycles. The number of hydrogen-bond acceptors (Lipinski definition) is 7. The highest BCUT2D eigenvalue weighted by molar-refractivity contribution is 5.66. The Morgan fingerprint density at radius 2 is 1.51 bits per heavy atom. The molecule has 0 amide bonds. The first-order valence-corrected chi connectivity index (χ1v) is 11.7. The molecule has 0 unspecified atom stereocenters. The molecule has 0 bridgehead atoms. The molecule has 182 valence electrons. The maximum atomic E-state index is 12.1. The Morgan fingerprint density at radius 3 is 2.20 bits per heavy atom. The number of carbonyl (C=O) groups is 1. The highest BCUT2D eigenvalue weighted by atomic mass is 16.8. The van der Waals surface area contributed by atoms with Crippen LogP contribution in [0.3, 0.4) is 0 Å². The van der Waals surface area contributed by atoms with E-state index in [0.29, 0.717) is 5.75 Å². The molecular formula is C28H28O7. The Hall–Kier alpha value is -3.23. The molecule has 0 spiro atoms. The van der Waals surface area contributed by atoms with Crippen LogP contribution in [0.2, 0.25) is 0 Å². The van der Waals surface area contributed by atoms with Gasteiger partial charge in [-0.2, -0.15) is 0 Å². The number of hydrogen-bond donors (Lipinski definition) is 0. The van der Waals surface area contributed by atoms with Gasteiger partial charge in [-0.05, 0) is 17.7 Å². The molecule has 5 rings (SSSR count). The maximum Gasteiger partial charge on any atom is 0.303 e. The van der Waals surface area contributed by atoms with E-state index in [2.05, 4.69) is 0 Å². The Balaban J connectivity index is 1.43. The molecule has 6 atom stereocenters. The zero-order valence-corrected chi connectivity index (χ0v) is 19.4. The summed E-state index contributed by atoms with van der Waals surface area (Å²) in [6.07, 6.45) is -4.04. The third-order valence-corrected chi connectivity index (χ3v) is 5.93. The largest absolute Gasteiger partial charge is 0.483 e. The molecule has 2 aliphatic rings. The van der Waals surface area contributed by atoms with Gasteiger partial charge in [-0.3, -0.25) is 4.79 Å². The monoisotopic (exact) mass is 476 g/mol. The van der Waals surface area contributed by atoms with Crippen molar-refractivity contribution in [3.63, 3.8) is 0 Å². The summed E-state index contributed by atoms with van der Waals surface area (Å²) in [4.78, 5) is 12.1. The average Bonchev–Trinajstić information content (AvgIpc) is 2.90. The van der Waals surface area contributed by atoms with Crippen molar-refractivity contribution >= 4 is 5.97 Å². The highest BCUT2D eigenvalue weighted by Crippen LogP contribution is 2.37. The van der Waals surface area contributed by atoms with Gasteiger partial charge in [-0.25, -0.2) is 0 Å². The first kappa shape index (κ1) is 23.5. The Morgan fingerprint density at radius 1 is 0.857 bits per heavy atom. The fourth-order valence-electron chi connectivity index (χ4n) is 4.32. The van der Waals surface area contributed by atoms with E-state index in [-0.39, 0.29) is 13.2 Å². The van der Waals surface area contributed by atoms with E-state index in [1.54, 1.807) is 0 Å². The van der Waals surface area contributed by atoms with E-state index in [1.807, 2.05) is 91.0 Å². The Kier molecular flexibility index (Phi) is 7.39. The van der Waals surface area contributed by atoms with Gasteiger partial charge in [0.1, 0.15) is 18.0 Å². The van der Waals surface area contributed by atoms with Gasteiger partial charge < -0.3 is 28.4 Å². The lowest BCUT2D eigenvalue weighted by atomic mass is 9.97. The quantitative estimate of drug-likeness (QED) is 0.468. The van der Waals surface area contributed by atoms with Crippen molar-refractivity contribution < 1.29 is 33.2 Å². The van der Waals surface area contributed by atoms with Crippen LogP contribution in [-0.4, -0.2) is 43.3 Å². The summed E-state index contributed by atoms with van der Waals surface area (Å²) in [5, 5.41) is 0. The predicted octanol–water partition coefficient (Wildman–Crippen LogP) is 4.42. The molecule has 7 nitrogen and oxygen atoms in total. The fraction of sp³-hybridized carbons (Fsp3) is 0.321. The SMILES string of the molecule is CC(=O)O[C@@H]1[C@@H](OCc2ccccc2)O[C@@H]2CO[C@@H](c3ccccc3)O[C@H]2[C@@H]1Oc1ccccc1. The summed E-state index contributed by atoms with van der Waals surface area (Å²) in [6, 6.07) is 28.8. The lowest BCUT2D eigenvalue weighted by Gasteiger charge is -2.48. The molecular weight excluding hydrogens is 448 g/mol. The van der Waals surface area contributed by atoms with Crippen molar-refractivity contribution in [3.05, 3.63) is 102 Å².